The van der Waals surface area contributed by atoms with Gasteiger partial charge in [-0.2, -0.15) is 0 Å². The highest BCUT2D eigenvalue weighted by atomic mass is 35.5. The molecule has 0 spiro atoms. The first-order chi connectivity index (χ1) is 12.0. The lowest BCUT2D eigenvalue weighted by molar-refractivity contribution is -0.117. The zero-order valence-electron chi connectivity index (χ0n) is 14.2. The fraction of sp³-hybridized carbons (Fsp3) is 0.200. The van der Waals surface area contributed by atoms with Crippen molar-refractivity contribution in [3.8, 4) is 0 Å². The number of likely N-dealkylation sites (N-methyl/N-ethyl adjacent to an activating group) is 1. The summed E-state index contributed by atoms with van der Waals surface area (Å²) < 4.78 is 0. The van der Waals surface area contributed by atoms with Crippen LogP contribution in [0.3, 0.4) is 0 Å². The van der Waals surface area contributed by atoms with Crippen LogP contribution in [0.1, 0.15) is 18.5 Å². The van der Waals surface area contributed by atoms with E-state index in [1.54, 1.807) is 6.20 Å². The standard InChI is InChI=1S/C20H20ClN3O/c1-14(15-8-10-16(21)11-9-15)24(2)13-20(25)23-19-7-3-6-18-17(19)5-4-12-22-18/h3-12,14H,13H2,1-2H3,(H,23,25). The number of carbonyl (C=O) groups excluding carboxylic acids is 1. The van der Waals surface area contributed by atoms with Crippen molar-refractivity contribution in [3.05, 3.63) is 71.4 Å². The Kier molecular flexibility index (Phi) is 5.31. The molecule has 3 aromatic rings. The van der Waals surface area contributed by atoms with Crippen LogP contribution in [0.5, 0.6) is 0 Å². The number of anilines is 1. The van der Waals surface area contributed by atoms with Crippen LogP contribution in [0.25, 0.3) is 10.9 Å². The van der Waals surface area contributed by atoms with Gasteiger partial charge >= 0.3 is 0 Å². The van der Waals surface area contributed by atoms with Crippen LogP contribution < -0.4 is 5.32 Å². The van der Waals surface area contributed by atoms with Crippen molar-refractivity contribution in [1.82, 2.24) is 9.88 Å². The van der Waals surface area contributed by atoms with E-state index >= 15 is 0 Å². The molecule has 0 saturated carbocycles. The highest BCUT2D eigenvalue weighted by molar-refractivity contribution is 6.30. The predicted octanol–water partition coefficient (Wildman–Crippen LogP) is 4.52. The first-order valence-corrected chi connectivity index (χ1v) is 8.51. The average molecular weight is 354 g/mol. The molecule has 0 saturated heterocycles. The lowest BCUT2D eigenvalue weighted by Gasteiger charge is -2.24. The molecule has 1 aromatic heterocycles. The summed E-state index contributed by atoms with van der Waals surface area (Å²) in [5.74, 6) is -0.0559. The Balaban J connectivity index is 1.68. The molecule has 25 heavy (non-hydrogen) atoms. The molecule has 2 aromatic carbocycles. The second-order valence-electron chi connectivity index (χ2n) is 6.07. The summed E-state index contributed by atoms with van der Waals surface area (Å²) in [4.78, 5) is 18.8. The smallest absolute Gasteiger partial charge is 0.238 e. The van der Waals surface area contributed by atoms with Crippen LogP contribution in [0, 0.1) is 0 Å². The summed E-state index contributed by atoms with van der Waals surface area (Å²) >= 11 is 5.94. The first-order valence-electron chi connectivity index (χ1n) is 8.14. The summed E-state index contributed by atoms with van der Waals surface area (Å²) in [5.41, 5.74) is 2.76. The number of fused-ring (bicyclic) bond motifs is 1. The SMILES string of the molecule is CC(c1ccc(Cl)cc1)N(C)CC(=O)Nc1cccc2ncccc12. The summed E-state index contributed by atoms with van der Waals surface area (Å²) in [5, 5.41) is 4.64. The maximum absolute atomic E-state index is 12.5. The molecule has 1 heterocycles. The van der Waals surface area contributed by atoms with E-state index in [0.29, 0.717) is 11.6 Å². The molecule has 0 fully saturated rings. The summed E-state index contributed by atoms with van der Waals surface area (Å²) in [7, 11) is 1.93. The van der Waals surface area contributed by atoms with E-state index in [1.807, 2.05) is 66.5 Å². The minimum absolute atomic E-state index is 0.0559. The number of pyridine rings is 1. The van der Waals surface area contributed by atoms with Crippen molar-refractivity contribution in [2.75, 3.05) is 18.9 Å². The van der Waals surface area contributed by atoms with Gasteiger partial charge in [-0.15, -0.1) is 0 Å². The Morgan fingerprint density at radius 1 is 1.16 bits per heavy atom. The van der Waals surface area contributed by atoms with Gasteiger partial charge < -0.3 is 5.32 Å². The van der Waals surface area contributed by atoms with E-state index in [0.717, 1.165) is 22.2 Å². The van der Waals surface area contributed by atoms with Crippen LogP contribution in [-0.4, -0.2) is 29.4 Å². The molecular weight excluding hydrogens is 334 g/mol. The molecule has 1 N–H and O–H groups in total. The fourth-order valence-electron chi connectivity index (χ4n) is 2.76. The van der Waals surface area contributed by atoms with Gasteiger partial charge in [-0.1, -0.05) is 29.8 Å². The number of hydrogen-bond acceptors (Lipinski definition) is 3. The van der Waals surface area contributed by atoms with Gasteiger partial charge in [0.2, 0.25) is 5.91 Å². The minimum atomic E-state index is -0.0559. The highest BCUT2D eigenvalue weighted by Crippen LogP contribution is 2.23. The van der Waals surface area contributed by atoms with Crippen LogP contribution >= 0.6 is 11.6 Å². The topological polar surface area (TPSA) is 45.2 Å². The van der Waals surface area contributed by atoms with Crippen LogP contribution in [-0.2, 0) is 4.79 Å². The molecule has 1 unspecified atom stereocenters. The minimum Gasteiger partial charge on any atom is -0.324 e. The molecule has 0 radical (unpaired) electrons. The molecule has 128 valence electrons. The van der Waals surface area contributed by atoms with E-state index in [1.165, 1.54) is 0 Å². The number of benzene rings is 2. The zero-order chi connectivity index (χ0) is 17.8. The third-order valence-corrected chi connectivity index (χ3v) is 4.58. The van der Waals surface area contributed by atoms with Crippen molar-refractivity contribution in [2.45, 2.75) is 13.0 Å². The van der Waals surface area contributed by atoms with Crippen molar-refractivity contribution in [2.24, 2.45) is 0 Å². The number of nitrogens with zero attached hydrogens (tertiary/aromatic N) is 2. The zero-order valence-corrected chi connectivity index (χ0v) is 15.0. The van der Waals surface area contributed by atoms with Crippen molar-refractivity contribution >= 4 is 34.1 Å². The number of hydrogen-bond donors (Lipinski definition) is 1. The lowest BCUT2D eigenvalue weighted by atomic mass is 10.1. The molecule has 1 amide bonds. The predicted molar refractivity (Wildman–Crippen MR) is 103 cm³/mol. The molecule has 0 aliphatic heterocycles. The van der Waals surface area contributed by atoms with Crippen LogP contribution in [0.4, 0.5) is 5.69 Å². The summed E-state index contributed by atoms with van der Waals surface area (Å²) in [6, 6.07) is 17.3. The van der Waals surface area contributed by atoms with Gasteiger partial charge in [-0.25, -0.2) is 0 Å². The van der Waals surface area contributed by atoms with Gasteiger partial charge in [0.05, 0.1) is 17.7 Å². The van der Waals surface area contributed by atoms with Gasteiger partial charge in [0.15, 0.2) is 0 Å². The normalized spacial score (nSPS) is 12.3. The second kappa shape index (κ2) is 7.64. The second-order valence-corrected chi connectivity index (χ2v) is 6.50. The maximum Gasteiger partial charge on any atom is 0.238 e. The van der Waals surface area contributed by atoms with Gasteiger partial charge in [-0.3, -0.25) is 14.7 Å². The van der Waals surface area contributed by atoms with Crippen LogP contribution in [0.15, 0.2) is 60.8 Å². The molecule has 0 aliphatic rings. The lowest BCUT2D eigenvalue weighted by Crippen LogP contribution is -2.32. The Labute approximate surface area is 152 Å². The van der Waals surface area contributed by atoms with E-state index in [4.69, 9.17) is 11.6 Å². The molecule has 4 nitrogen and oxygen atoms in total. The molecule has 5 heteroatoms. The Morgan fingerprint density at radius 2 is 1.92 bits per heavy atom. The number of rotatable bonds is 5. The highest BCUT2D eigenvalue weighted by Gasteiger charge is 2.15. The number of aromatic nitrogens is 1. The largest absolute Gasteiger partial charge is 0.324 e. The number of nitrogens with one attached hydrogen (secondary N) is 1. The van der Waals surface area contributed by atoms with Crippen LogP contribution in [0.2, 0.25) is 5.02 Å². The molecule has 3 rings (SSSR count). The number of carbonyl (C=O) groups is 1. The number of halogens is 1. The Bertz CT molecular complexity index is 874. The molecule has 0 bridgehead atoms. The quantitative estimate of drug-likeness (QED) is 0.733. The van der Waals surface area contributed by atoms with Crippen molar-refractivity contribution in [3.63, 3.8) is 0 Å². The third-order valence-electron chi connectivity index (χ3n) is 4.33. The Hall–Kier alpha value is -2.43. The first kappa shape index (κ1) is 17.4. The monoisotopic (exact) mass is 353 g/mol. The summed E-state index contributed by atoms with van der Waals surface area (Å²) in [6.07, 6.45) is 1.75. The van der Waals surface area contributed by atoms with E-state index in [-0.39, 0.29) is 11.9 Å². The van der Waals surface area contributed by atoms with E-state index in [2.05, 4.69) is 17.2 Å². The van der Waals surface area contributed by atoms with Gasteiger partial charge in [0.1, 0.15) is 0 Å². The Morgan fingerprint density at radius 3 is 2.68 bits per heavy atom. The molecular formula is C20H20ClN3O. The van der Waals surface area contributed by atoms with Gasteiger partial charge in [0.25, 0.3) is 0 Å². The van der Waals surface area contributed by atoms with Crippen molar-refractivity contribution in [1.29, 1.82) is 0 Å². The fourth-order valence-corrected chi connectivity index (χ4v) is 2.89. The summed E-state index contributed by atoms with van der Waals surface area (Å²) in [6.45, 7) is 2.36. The van der Waals surface area contributed by atoms with Gasteiger partial charge in [-0.05, 0) is 55.9 Å². The number of amides is 1. The van der Waals surface area contributed by atoms with Gasteiger partial charge in [0, 0.05) is 22.6 Å². The van der Waals surface area contributed by atoms with Crippen molar-refractivity contribution < 1.29 is 4.79 Å². The molecule has 1 atom stereocenters. The maximum atomic E-state index is 12.5. The average Bonchev–Trinajstić information content (AvgIpc) is 2.62. The van der Waals surface area contributed by atoms with E-state index < -0.39 is 0 Å². The molecule has 0 aliphatic carbocycles. The third kappa shape index (κ3) is 4.16. The van der Waals surface area contributed by atoms with E-state index in [9.17, 15) is 4.79 Å².